The molecule has 3 heteroatoms. The van der Waals surface area contributed by atoms with Crippen molar-refractivity contribution in [1.82, 2.24) is 15.1 Å². The minimum absolute atomic E-state index is 0.717. The van der Waals surface area contributed by atoms with E-state index >= 15 is 0 Å². The molecule has 0 aromatic carbocycles. The Morgan fingerprint density at radius 3 is 2.67 bits per heavy atom. The van der Waals surface area contributed by atoms with Crippen LogP contribution in [0.1, 0.15) is 39.5 Å². The van der Waals surface area contributed by atoms with Gasteiger partial charge in [0.2, 0.25) is 0 Å². The molecule has 2 aliphatic heterocycles. The van der Waals surface area contributed by atoms with Gasteiger partial charge in [-0.2, -0.15) is 0 Å². The molecule has 0 aliphatic carbocycles. The van der Waals surface area contributed by atoms with Crippen LogP contribution in [0, 0.1) is 5.92 Å². The Morgan fingerprint density at radius 1 is 1.17 bits per heavy atom. The van der Waals surface area contributed by atoms with Crippen LogP contribution in [0.3, 0.4) is 0 Å². The highest BCUT2D eigenvalue weighted by Crippen LogP contribution is 2.20. The second-order valence-corrected chi connectivity index (χ2v) is 6.30. The summed E-state index contributed by atoms with van der Waals surface area (Å²) in [4.78, 5) is 5.28. The Bertz CT molecular complexity index is 244. The molecule has 3 nitrogen and oxygen atoms in total. The molecular formula is C15H31N3. The molecular weight excluding hydrogens is 222 g/mol. The normalized spacial score (nSPS) is 35.8. The number of piperazine rings is 1. The SMILES string of the molecule is CCC1CN(CC2CCCN(C)C2)C(CC)CN1. The third kappa shape index (κ3) is 3.69. The Kier molecular flexibility index (Phi) is 5.46. The average Bonchev–Trinajstić information content (AvgIpc) is 2.38. The predicted molar refractivity (Wildman–Crippen MR) is 78.0 cm³/mol. The lowest BCUT2D eigenvalue weighted by molar-refractivity contribution is 0.0822. The summed E-state index contributed by atoms with van der Waals surface area (Å²) in [5.41, 5.74) is 0. The van der Waals surface area contributed by atoms with Crippen LogP contribution >= 0.6 is 0 Å². The molecule has 0 aromatic heterocycles. The first-order valence-corrected chi connectivity index (χ1v) is 7.88. The van der Waals surface area contributed by atoms with E-state index in [1.54, 1.807) is 0 Å². The summed E-state index contributed by atoms with van der Waals surface area (Å²) in [5.74, 6) is 0.897. The van der Waals surface area contributed by atoms with Crippen molar-refractivity contribution in [2.24, 2.45) is 5.92 Å². The van der Waals surface area contributed by atoms with Crippen molar-refractivity contribution in [3.8, 4) is 0 Å². The summed E-state index contributed by atoms with van der Waals surface area (Å²) >= 11 is 0. The van der Waals surface area contributed by atoms with Gasteiger partial charge in [-0.3, -0.25) is 4.90 Å². The van der Waals surface area contributed by atoms with Crippen molar-refractivity contribution < 1.29 is 0 Å². The Labute approximate surface area is 113 Å². The van der Waals surface area contributed by atoms with E-state index in [9.17, 15) is 0 Å². The first-order valence-electron chi connectivity index (χ1n) is 7.88. The maximum absolute atomic E-state index is 3.69. The number of nitrogens with zero attached hydrogens (tertiary/aromatic N) is 2. The third-order valence-corrected chi connectivity index (χ3v) is 4.79. The average molecular weight is 253 g/mol. The molecule has 2 fully saturated rings. The number of likely N-dealkylation sites (tertiary alicyclic amines) is 1. The molecule has 2 heterocycles. The summed E-state index contributed by atoms with van der Waals surface area (Å²) < 4.78 is 0. The molecule has 106 valence electrons. The molecule has 3 atom stereocenters. The summed E-state index contributed by atoms with van der Waals surface area (Å²) in [6, 6.07) is 1.48. The smallest absolute Gasteiger partial charge is 0.0218 e. The van der Waals surface area contributed by atoms with Gasteiger partial charge in [-0.25, -0.2) is 0 Å². The Hall–Kier alpha value is -0.120. The molecule has 2 saturated heterocycles. The topological polar surface area (TPSA) is 18.5 Å². The quantitative estimate of drug-likeness (QED) is 0.824. The van der Waals surface area contributed by atoms with Crippen LogP contribution < -0.4 is 5.32 Å². The van der Waals surface area contributed by atoms with E-state index in [0.29, 0.717) is 6.04 Å². The van der Waals surface area contributed by atoms with Gasteiger partial charge >= 0.3 is 0 Å². The lowest BCUT2D eigenvalue weighted by Gasteiger charge is -2.43. The van der Waals surface area contributed by atoms with Gasteiger partial charge < -0.3 is 10.2 Å². The fraction of sp³-hybridized carbons (Fsp3) is 1.00. The standard InChI is InChI=1S/C15H31N3/c1-4-14-12-18(15(5-2)9-16-14)11-13-7-6-8-17(3)10-13/h13-16H,4-12H2,1-3H3. The van der Waals surface area contributed by atoms with Gasteiger partial charge in [0.15, 0.2) is 0 Å². The molecule has 18 heavy (non-hydrogen) atoms. The van der Waals surface area contributed by atoms with E-state index in [1.807, 2.05) is 0 Å². The Balaban J connectivity index is 1.87. The molecule has 0 bridgehead atoms. The first-order chi connectivity index (χ1) is 8.72. The van der Waals surface area contributed by atoms with Gasteiger partial charge in [0.25, 0.3) is 0 Å². The van der Waals surface area contributed by atoms with Crippen molar-refractivity contribution >= 4 is 0 Å². The van der Waals surface area contributed by atoms with E-state index in [4.69, 9.17) is 0 Å². The van der Waals surface area contributed by atoms with Gasteiger partial charge in [-0.05, 0) is 45.2 Å². The van der Waals surface area contributed by atoms with Crippen molar-refractivity contribution in [2.75, 3.05) is 39.8 Å². The van der Waals surface area contributed by atoms with Gasteiger partial charge in [0.05, 0.1) is 0 Å². The van der Waals surface area contributed by atoms with Gasteiger partial charge in [-0.1, -0.05) is 13.8 Å². The summed E-state index contributed by atoms with van der Waals surface area (Å²) in [6.45, 7) is 11.0. The Morgan fingerprint density at radius 2 is 2.00 bits per heavy atom. The van der Waals surface area contributed by atoms with Gasteiger partial charge in [0, 0.05) is 38.3 Å². The maximum atomic E-state index is 3.69. The third-order valence-electron chi connectivity index (χ3n) is 4.79. The molecule has 2 aliphatic rings. The van der Waals surface area contributed by atoms with Crippen LogP contribution in [0.25, 0.3) is 0 Å². The maximum Gasteiger partial charge on any atom is 0.0218 e. The van der Waals surface area contributed by atoms with Crippen LogP contribution in [0.5, 0.6) is 0 Å². The van der Waals surface area contributed by atoms with Crippen LogP contribution in [-0.4, -0.2) is 61.7 Å². The van der Waals surface area contributed by atoms with E-state index < -0.39 is 0 Å². The van der Waals surface area contributed by atoms with Gasteiger partial charge in [-0.15, -0.1) is 0 Å². The summed E-state index contributed by atoms with van der Waals surface area (Å²) in [7, 11) is 2.27. The van der Waals surface area contributed by atoms with Crippen molar-refractivity contribution in [2.45, 2.75) is 51.6 Å². The summed E-state index contributed by atoms with van der Waals surface area (Å²) in [5, 5.41) is 3.69. The zero-order chi connectivity index (χ0) is 13.0. The highest BCUT2D eigenvalue weighted by atomic mass is 15.2. The summed E-state index contributed by atoms with van der Waals surface area (Å²) in [6.07, 6.45) is 5.37. The zero-order valence-electron chi connectivity index (χ0n) is 12.5. The number of rotatable bonds is 4. The monoisotopic (exact) mass is 253 g/mol. The highest BCUT2D eigenvalue weighted by molar-refractivity contribution is 4.87. The second kappa shape index (κ2) is 6.88. The van der Waals surface area contributed by atoms with Crippen LogP contribution in [0.4, 0.5) is 0 Å². The molecule has 3 unspecified atom stereocenters. The van der Waals surface area contributed by atoms with Crippen molar-refractivity contribution in [1.29, 1.82) is 0 Å². The van der Waals surface area contributed by atoms with Crippen molar-refractivity contribution in [3.05, 3.63) is 0 Å². The fourth-order valence-electron chi connectivity index (χ4n) is 3.58. The van der Waals surface area contributed by atoms with Crippen LogP contribution in [-0.2, 0) is 0 Å². The van der Waals surface area contributed by atoms with Gasteiger partial charge in [0.1, 0.15) is 0 Å². The predicted octanol–water partition coefficient (Wildman–Crippen LogP) is 1.79. The molecule has 2 rings (SSSR count). The van der Waals surface area contributed by atoms with Crippen molar-refractivity contribution in [3.63, 3.8) is 0 Å². The minimum atomic E-state index is 0.717. The minimum Gasteiger partial charge on any atom is -0.311 e. The lowest BCUT2D eigenvalue weighted by atomic mass is 9.95. The van der Waals surface area contributed by atoms with E-state index in [0.717, 1.165) is 12.0 Å². The van der Waals surface area contributed by atoms with Crippen LogP contribution in [0.15, 0.2) is 0 Å². The number of hydrogen-bond donors (Lipinski definition) is 1. The number of hydrogen-bond acceptors (Lipinski definition) is 3. The van der Waals surface area contributed by atoms with Crippen LogP contribution in [0.2, 0.25) is 0 Å². The highest BCUT2D eigenvalue weighted by Gasteiger charge is 2.28. The zero-order valence-corrected chi connectivity index (χ0v) is 12.5. The molecule has 0 amide bonds. The first kappa shape index (κ1) is 14.3. The molecule has 0 radical (unpaired) electrons. The van der Waals surface area contributed by atoms with E-state index in [1.165, 1.54) is 58.4 Å². The number of nitrogens with one attached hydrogen (secondary N) is 1. The largest absolute Gasteiger partial charge is 0.311 e. The number of piperidine rings is 1. The molecule has 1 N–H and O–H groups in total. The van der Waals surface area contributed by atoms with E-state index in [-0.39, 0.29) is 0 Å². The molecule has 0 saturated carbocycles. The fourth-order valence-corrected chi connectivity index (χ4v) is 3.58. The lowest BCUT2D eigenvalue weighted by Crippen LogP contribution is -2.57. The van der Waals surface area contributed by atoms with E-state index in [2.05, 4.69) is 36.0 Å². The molecule has 0 aromatic rings. The second-order valence-electron chi connectivity index (χ2n) is 6.30. The molecule has 0 spiro atoms.